The van der Waals surface area contributed by atoms with Crippen molar-refractivity contribution in [3.05, 3.63) is 48.3 Å². The van der Waals surface area contributed by atoms with E-state index in [-0.39, 0.29) is 6.54 Å². The normalized spacial score (nSPS) is 15.5. The molecule has 1 aliphatic carbocycles. The highest BCUT2D eigenvalue weighted by Gasteiger charge is 2.23. The van der Waals surface area contributed by atoms with Crippen LogP contribution in [0.1, 0.15) is 37.7 Å². The Hall–Kier alpha value is -2.27. The molecule has 1 aromatic heterocycles. The van der Waals surface area contributed by atoms with Crippen molar-refractivity contribution in [1.82, 2.24) is 14.9 Å². The largest absolute Gasteiger partial charge is 0.480 e. The van der Waals surface area contributed by atoms with E-state index >= 15 is 0 Å². The first-order valence-electron chi connectivity index (χ1n) is 8.54. The van der Waals surface area contributed by atoms with Crippen molar-refractivity contribution in [1.29, 1.82) is 0 Å². The highest BCUT2D eigenvalue weighted by Crippen LogP contribution is 2.24. The molecule has 0 saturated heterocycles. The molecule has 0 amide bonds. The van der Waals surface area contributed by atoms with E-state index in [1.807, 2.05) is 42.7 Å². The number of benzene rings is 1. The van der Waals surface area contributed by atoms with E-state index in [0.29, 0.717) is 18.4 Å². The van der Waals surface area contributed by atoms with Gasteiger partial charge in [-0.1, -0.05) is 49.6 Å². The van der Waals surface area contributed by atoms with Gasteiger partial charge in [0, 0.05) is 36.1 Å². The number of hydrogen-bond donors (Lipinski definition) is 1. The van der Waals surface area contributed by atoms with Crippen molar-refractivity contribution < 1.29 is 9.90 Å². The Balaban J connectivity index is 1.71. The van der Waals surface area contributed by atoms with Crippen LogP contribution < -0.4 is 0 Å². The lowest BCUT2D eigenvalue weighted by molar-refractivity contribution is -0.139. The van der Waals surface area contributed by atoms with Crippen LogP contribution in [0.15, 0.2) is 42.7 Å². The predicted molar refractivity (Wildman–Crippen MR) is 92.4 cm³/mol. The van der Waals surface area contributed by atoms with E-state index in [2.05, 4.69) is 14.9 Å². The SMILES string of the molecule is O=C(O)CN(Cc1cnc(-c2ccccc2)nc1)C1CCCCC1. The van der Waals surface area contributed by atoms with Crippen molar-refractivity contribution in [2.45, 2.75) is 44.7 Å². The second kappa shape index (κ2) is 8.02. The number of nitrogens with zero attached hydrogens (tertiary/aromatic N) is 3. The van der Waals surface area contributed by atoms with Crippen molar-refractivity contribution in [3.63, 3.8) is 0 Å². The minimum Gasteiger partial charge on any atom is -0.480 e. The summed E-state index contributed by atoms with van der Waals surface area (Å²) in [6, 6.07) is 10.2. The third kappa shape index (κ3) is 4.38. The van der Waals surface area contributed by atoms with Gasteiger partial charge in [0.25, 0.3) is 0 Å². The van der Waals surface area contributed by atoms with E-state index < -0.39 is 5.97 Å². The number of carbonyl (C=O) groups is 1. The van der Waals surface area contributed by atoms with Gasteiger partial charge in [-0.25, -0.2) is 9.97 Å². The van der Waals surface area contributed by atoms with Crippen LogP contribution in [0.25, 0.3) is 11.4 Å². The molecule has 0 atom stereocenters. The Kier molecular flexibility index (Phi) is 5.54. The third-order valence-corrected chi connectivity index (χ3v) is 4.55. The average Bonchev–Trinajstić information content (AvgIpc) is 2.63. The van der Waals surface area contributed by atoms with Gasteiger partial charge in [0.15, 0.2) is 5.82 Å². The molecule has 5 heteroatoms. The highest BCUT2D eigenvalue weighted by molar-refractivity contribution is 5.69. The second-order valence-corrected chi connectivity index (χ2v) is 6.37. The van der Waals surface area contributed by atoms with Crippen LogP contribution in [0.3, 0.4) is 0 Å². The first kappa shape index (κ1) is 16.6. The molecule has 126 valence electrons. The van der Waals surface area contributed by atoms with Crippen molar-refractivity contribution >= 4 is 5.97 Å². The summed E-state index contributed by atoms with van der Waals surface area (Å²) in [6.07, 6.45) is 9.41. The molecule has 0 bridgehead atoms. The summed E-state index contributed by atoms with van der Waals surface area (Å²) in [5.41, 5.74) is 1.94. The van der Waals surface area contributed by atoms with Crippen LogP contribution >= 0.6 is 0 Å². The van der Waals surface area contributed by atoms with Crippen molar-refractivity contribution in [3.8, 4) is 11.4 Å². The molecule has 1 saturated carbocycles. The highest BCUT2D eigenvalue weighted by atomic mass is 16.4. The van der Waals surface area contributed by atoms with Gasteiger partial charge in [-0.05, 0) is 12.8 Å². The number of hydrogen-bond acceptors (Lipinski definition) is 4. The summed E-state index contributed by atoms with van der Waals surface area (Å²) in [5, 5.41) is 9.21. The first-order chi connectivity index (χ1) is 11.7. The lowest BCUT2D eigenvalue weighted by Gasteiger charge is -2.33. The lowest BCUT2D eigenvalue weighted by Crippen LogP contribution is -2.39. The molecule has 3 rings (SSSR count). The van der Waals surface area contributed by atoms with Gasteiger partial charge < -0.3 is 5.11 Å². The minimum absolute atomic E-state index is 0.0745. The van der Waals surface area contributed by atoms with E-state index in [1.165, 1.54) is 19.3 Å². The minimum atomic E-state index is -0.776. The van der Waals surface area contributed by atoms with Crippen LogP contribution in [0.4, 0.5) is 0 Å². The average molecular weight is 325 g/mol. The molecule has 0 aliphatic heterocycles. The zero-order valence-corrected chi connectivity index (χ0v) is 13.8. The Morgan fingerprint density at radius 3 is 2.38 bits per heavy atom. The summed E-state index contributed by atoms with van der Waals surface area (Å²) in [4.78, 5) is 22.1. The predicted octanol–water partition coefficient (Wildman–Crippen LogP) is 3.36. The van der Waals surface area contributed by atoms with E-state index in [4.69, 9.17) is 0 Å². The molecule has 1 heterocycles. The molecular formula is C19H23N3O2. The molecule has 0 unspecified atom stereocenters. The van der Waals surface area contributed by atoms with E-state index in [0.717, 1.165) is 24.0 Å². The molecular weight excluding hydrogens is 302 g/mol. The molecule has 0 radical (unpaired) electrons. The fourth-order valence-electron chi connectivity index (χ4n) is 3.34. The van der Waals surface area contributed by atoms with Gasteiger partial charge in [0.05, 0.1) is 6.54 Å². The van der Waals surface area contributed by atoms with Gasteiger partial charge in [-0.2, -0.15) is 0 Å². The van der Waals surface area contributed by atoms with Gasteiger partial charge in [0.2, 0.25) is 0 Å². The van der Waals surface area contributed by atoms with E-state index in [9.17, 15) is 9.90 Å². The molecule has 1 aliphatic rings. The molecule has 5 nitrogen and oxygen atoms in total. The summed E-state index contributed by atoms with van der Waals surface area (Å²) < 4.78 is 0. The summed E-state index contributed by atoms with van der Waals surface area (Å²) in [5.74, 6) is -0.0794. The Labute approximate surface area is 142 Å². The quantitative estimate of drug-likeness (QED) is 0.882. The van der Waals surface area contributed by atoms with Crippen LogP contribution in [-0.4, -0.2) is 38.5 Å². The maximum Gasteiger partial charge on any atom is 0.317 e. The second-order valence-electron chi connectivity index (χ2n) is 6.37. The zero-order valence-electron chi connectivity index (χ0n) is 13.8. The Morgan fingerprint density at radius 2 is 1.75 bits per heavy atom. The van der Waals surface area contributed by atoms with Crippen molar-refractivity contribution in [2.75, 3.05) is 6.54 Å². The monoisotopic (exact) mass is 325 g/mol. The summed E-state index contributed by atoms with van der Waals surface area (Å²) >= 11 is 0. The molecule has 0 spiro atoms. The standard InChI is InChI=1S/C19H23N3O2/c23-18(24)14-22(17-9-5-2-6-10-17)13-15-11-20-19(21-12-15)16-7-3-1-4-8-16/h1,3-4,7-8,11-12,17H,2,5-6,9-10,13-14H2,(H,23,24). The fourth-order valence-corrected chi connectivity index (χ4v) is 3.34. The Bertz CT molecular complexity index is 652. The molecule has 2 aromatic rings. The Morgan fingerprint density at radius 1 is 1.08 bits per heavy atom. The number of carboxylic acid groups (broad SMARTS) is 1. The van der Waals surface area contributed by atoms with E-state index in [1.54, 1.807) is 0 Å². The fraction of sp³-hybridized carbons (Fsp3) is 0.421. The van der Waals surface area contributed by atoms with Crippen molar-refractivity contribution in [2.24, 2.45) is 0 Å². The number of aromatic nitrogens is 2. The first-order valence-corrected chi connectivity index (χ1v) is 8.54. The van der Waals surface area contributed by atoms with Crippen LogP contribution in [0.5, 0.6) is 0 Å². The molecule has 24 heavy (non-hydrogen) atoms. The maximum atomic E-state index is 11.2. The third-order valence-electron chi connectivity index (χ3n) is 4.55. The maximum absolute atomic E-state index is 11.2. The summed E-state index contributed by atoms with van der Waals surface area (Å²) in [6.45, 7) is 0.664. The zero-order chi connectivity index (χ0) is 16.8. The van der Waals surface area contributed by atoms with Crippen LogP contribution in [-0.2, 0) is 11.3 Å². The van der Waals surface area contributed by atoms with Gasteiger partial charge in [0.1, 0.15) is 0 Å². The van der Waals surface area contributed by atoms with Crippen LogP contribution in [0, 0.1) is 0 Å². The van der Waals surface area contributed by atoms with Gasteiger partial charge in [-0.15, -0.1) is 0 Å². The molecule has 1 aromatic carbocycles. The summed E-state index contributed by atoms with van der Waals surface area (Å²) in [7, 11) is 0. The van der Waals surface area contributed by atoms with Crippen LogP contribution in [0.2, 0.25) is 0 Å². The van der Waals surface area contributed by atoms with Gasteiger partial charge >= 0.3 is 5.97 Å². The number of carboxylic acids is 1. The number of aliphatic carboxylic acids is 1. The lowest BCUT2D eigenvalue weighted by atomic mass is 9.94. The number of rotatable bonds is 6. The van der Waals surface area contributed by atoms with Gasteiger partial charge in [-0.3, -0.25) is 9.69 Å². The molecule has 1 N–H and O–H groups in total. The smallest absolute Gasteiger partial charge is 0.317 e. The molecule has 1 fully saturated rings. The topological polar surface area (TPSA) is 66.3 Å².